The van der Waals surface area contributed by atoms with Gasteiger partial charge in [-0.1, -0.05) is 23.5 Å². The molecule has 0 spiro atoms. The number of amides is 1. The van der Waals surface area contributed by atoms with E-state index in [1.54, 1.807) is 11.1 Å². The largest absolute Gasteiger partial charge is 0.573 e. The van der Waals surface area contributed by atoms with Crippen molar-refractivity contribution in [2.75, 3.05) is 24.5 Å². The summed E-state index contributed by atoms with van der Waals surface area (Å²) in [6.45, 7) is -0.409. The van der Waals surface area contributed by atoms with Crippen LogP contribution in [0.5, 0.6) is 5.75 Å². The van der Waals surface area contributed by atoms with Gasteiger partial charge in [0.25, 0.3) is 0 Å². The fourth-order valence-electron chi connectivity index (χ4n) is 4.32. The molecular formula is C25H20F6N6O4S2. The lowest BCUT2D eigenvalue weighted by Crippen LogP contribution is -2.60. The number of hydrogen-bond donors (Lipinski definition) is 1. The Hall–Kier alpha value is -4.03. The van der Waals surface area contributed by atoms with Crippen LogP contribution in [-0.4, -0.2) is 65.6 Å². The van der Waals surface area contributed by atoms with Crippen LogP contribution in [0.3, 0.4) is 0 Å². The van der Waals surface area contributed by atoms with Gasteiger partial charge in [0.1, 0.15) is 18.1 Å². The van der Waals surface area contributed by atoms with Crippen LogP contribution in [0.15, 0.2) is 66.0 Å². The highest BCUT2D eigenvalue weighted by Crippen LogP contribution is 2.33. The summed E-state index contributed by atoms with van der Waals surface area (Å²) in [7, 11) is -4.44. The molecule has 228 valence electrons. The van der Waals surface area contributed by atoms with E-state index in [1.807, 2.05) is 0 Å². The molecule has 0 bridgehead atoms. The lowest BCUT2D eigenvalue weighted by Gasteiger charge is -2.39. The monoisotopic (exact) mass is 646 g/mol. The Kier molecular flexibility index (Phi) is 8.19. The van der Waals surface area contributed by atoms with Gasteiger partial charge >= 0.3 is 12.5 Å². The lowest BCUT2D eigenvalue weighted by molar-refractivity contribution is -0.274. The third kappa shape index (κ3) is 6.97. The molecule has 43 heavy (non-hydrogen) atoms. The first kappa shape index (κ1) is 30.4. The van der Waals surface area contributed by atoms with Crippen LogP contribution < -0.4 is 15.0 Å². The Morgan fingerprint density at radius 1 is 1.02 bits per heavy atom. The number of anilines is 1. The lowest BCUT2D eigenvalue weighted by atomic mass is 10.1. The Balaban J connectivity index is 1.39. The van der Waals surface area contributed by atoms with Gasteiger partial charge in [0.05, 0.1) is 15.2 Å². The molecule has 1 atom stereocenters. The molecule has 0 saturated carbocycles. The summed E-state index contributed by atoms with van der Waals surface area (Å²) >= 11 is 1.23. The third-order valence-corrected chi connectivity index (χ3v) is 9.34. The van der Waals surface area contributed by atoms with E-state index in [-0.39, 0.29) is 26.2 Å². The Morgan fingerprint density at radius 2 is 1.72 bits per heavy atom. The van der Waals surface area contributed by atoms with Gasteiger partial charge < -0.3 is 15.0 Å². The highest BCUT2D eigenvalue weighted by molar-refractivity contribution is 7.89. The summed E-state index contributed by atoms with van der Waals surface area (Å²) in [5.74, 6) is -1.20. The zero-order valence-electron chi connectivity index (χ0n) is 21.6. The van der Waals surface area contributed by atoms with Crippen molar-refractivity contribution >= 4 is 42.7 Å². The van der Waals surface area contributed by atoms with E-state index in [0.29, 0.717) is 33.2 Å². The van der Waals surface area contributed by atoms with Crippen molar-refractivity contribution < 1.29 is 44.3 Å². The maximum Gasteiger partial charge on any atom is 0.573 e. The molecule has 1 N–H and O–H groups in total. The average molecular weight is 647 g/mol. The number of carbonyl (C=O) groups is 1. The number of benzene rings is 2. The number of rotatable bonds is 7. The number of thiazole rings is 1. The highest BCUT2D eigenvalue weighted by atomic mass is 32.2. The fourth-order valence-corrected chi connectivity index (χ4v) is 6.82. The number of halogens is 6. The molecule has 1 saturated heterocycles. The number of alkyl halides is 6. The summed E-state index contributed by atoms with van der Waals surface area (Å²) in [6.07, 6.45) is -6.67. The van der Waals surface area contributed by atoms with E-state index >= 15 is 0 Å². The number of ether oxygens (including phenoxy) is 1. The fraction of sp³-hybridized carbons (Fsp3) is 0.280. The number of nitrogens with zero attached hydrogens (tertiary/aromatic N) is 5. The molecule has 10 nitrogen and oxygen atoms in total. The van der Waals surface area contributed by atoms with E-state index in [1.165, 1.54) is 29.8 Å². The van der Waals surface area contributed by atoms with Crippen LogP contribution in [0.25, 0.3) is 10.3 Å². The summed E-state index contributed by atoms with van der Waals surface area (Å²) < 4.78 is 109. The van der Waals surface area contributed by atoms with E-state index in [0.717, 1.165) is 28.6 Å². The second-order valence-corrected chi connectivity index (χ2v) is 12.1. The number of aromatic nitrogens is 3. The molecule has 5 rings (SSSR count). The van der Waals surface area contributed by atoms with Crippen molar-refractivity contribution in [3.63, 3.8) is 0 Å². The topological polar surface area (TPSA) is 118 Å². The number of nitrogens with one attached hydrogen (secondary N) is 1. The first-order valence-corrected chi connectivity index (χ1v) is 14.6. The summed E-state index contributed by atoms with van der Waals surface area (Å²) in [6, 6.07) is 6.34. The molecule has 1 fully saturated rings. The minimum Gasteiger partial charge on any atom is -0.406 e. The van der Waals surface area contributed by atoms with Gasteiger partial charge in [-0.2, -0.15) is 22.5 Å². The van der Waals surface area contributed by atoms with Crippen LogP contribution in [0.4, 0.5) is 31.5 Å². The SMILES string of the molecule is O=C(NCc1ccc(OC(F)(F)F)cc1)[C@H]1CN(c2nc3ncncc3s2)CCN1S(=O)(=O)c1ccc(C(F)(F)F)cc1. The summed E-state index contributed by atoms with van der Waals surface area (Å²) in [4.78, 5) is 27.2. The zero-order chi connectivity index (χ0) is 31.0. The summed E-state index contributed by atoms with van der Waals surface area (Å²) in [5, 5.41) is 3.05. The zero-order valence-corrected chi connectivity index (χ0v) is 23.3. The van der Waals surface area contributed by atoms with Gasteiger partial charge in [-0.25, -0.2) is 18.4 Å². The summed E-state index contributed by atoms with van der Waals surface area (Å²) in [5.41, 5.74) is -0.220. The smallest absolute Gasteiger partial charge is 0.406 e. The average Bonchev–Trinajstić information content (AvgIpc) is 3.40. The molecule has 0 unspecified atom stereocenters. The number of piperazine rings is 1. The van der Waals surface area contributed by atoms with E-state index < -0.39 is 50.7 Å². The van der Waals surface area contributed by atoms with Crippen LogP contribution in [0.2, 0.25) is 0 Å². The molecule has 3 heterocycles. The maximum absolute atomic E-state index is 13.6. The van der Waals surface area contributed by atoms with Crippen LogP contribution in [0.1, 0.15) is 11.1 Å². The molecule has 18 heteroatoms. The van der Waals surface area contributed by atoms with Gasteiger partial charge in [0.2, 0.25) is 15.9 Å². The van der Waals surface area contributed by atoms with Crippen LogP contribution in [0, 0.1) is 0 Å². The van der Waals surface area contributed by atoms with Crippen LogP contribution >= 0.6 is 11.3 Å². The standard InChI is InChI=1S/C25H20F6N6O4S2/c26-24(27,28)16-3-7-18(8-4-16)43(39,40)37-10-9-36(23-35-21-20(42-23)12-32-14-34-21)13-19(37)22(38)33-11-15-1-5-17(6-2-15)41-25(29,30)31/h1-8,12,14,19H,9-11,13H2,(H,33,38)/t19-/m1/s1. The minimum atomic E-state index is -4.87. The molecular weight excluding hydrogens is 626 g/mol. The van der Waals surface area contributed by atoms with Gasteiger partial charge in [0, 0.05) is 32.4 Å². The molecule has 0 radical (unpaired) electrons. The van der Waals surface area contributed by atoms with Gasteiger partial charge in [-0.3, -0.25) is 4.79 Å². The minimum absolute atomic E-state index is 0.109. The highest BCUT2D eigenvalue weighted by Gasteiger charge is 2.41. The molecule has 2 aromatic carbocycles. The number of hydrogen-bond acceptors (Lipinski definition) is 9. The second kappa shape index (κ2) is 11.6. The van der Waals surface area contributed by atoms with E-state index in [2.05, 4.69) is 25.0 Å². The van der Waals surface area contributed by atoms with Crippen LogP contribution in [-0.2, 0) is 27.5 Å². The van der Waals surface area contributed by atoms with Gasteiger partial charge in [-0.15, -0.1) is 13.2 Å². The first-order valence-electron chi connectivity index (χ1n) is 12.3. The van der Waals surface area contributed by atoms with Crippen molar-refractivity contribution in [2.24, 2.45) is 0 Å². The molecule has 1 amide bonds. The first-order chi connectivity index (χ1) is 20.2. The van der Waals surface area contributed by atoms with E-state index in [4.69, 9.17) is 0 Å². The Labute approximate surface area is 244 Å². The quantitative estimate of drug-likeness (QED) is 0.297. The number of sulfonamides is 1. The molecule has 2 aromatic heterocycles. The third-order valence-electron chi connectivity index (χ3n) is 6.38. The number of fused-ring (bicyclic) bond motifs is 1. The maximum atomic E-state index is 13.6. The van der Waals surface area contributed by atoms with Crippen molar-refractivity contribution in [3.8, 4) is 5.75 Å². The van der Waals surface area contributed by atoms with Crippen molar-refractivity contribution in [3.05, 3.63) is 72.2 Å². The predicted molar refractivity (Wildman–Crippen MR) is 142 cm³/mol. The van der Waals surface area contributed by atoms with Gasteiger partial charge in [-0.05, 0) is 42.0 Å². The Morgan fingerprint density at radius 3 is 2.35 bits per heavy atom. The van der Waals surface area contributed by atoms with Gasteiger partial charge in [0.15, 0.2) is 10.8 Å². The molecule has 1 aliphatic rings. The van der Waals surface area contributed by atoms with E-state index in [9.17, 15) is 39.6 Å². The van der Waals surface area contributed by atoms with Crippen molar-refractivity contribution in [1.82, 2.24) is 24.6 Å². The van der Waals surface area contributed by atoms with Crippen molar-refractivity contribution in [2.45, 2.75) is 30.0 Å². The number of carbonyl (C=O) groups excluding carboxylic acids is 1. The predicted octanol–water partition coefficient (Wildman–Crippen LogP) is 4.20. The Bertz CT molecular complexity index is 1680. The molecule has 1 aliphatic heterocycles. The molecule has 0 aliphatic carbocycles. The molecule has 4 aromatic rings. The second-order valence-electron chi connectivity index (χ2n) is 9.22. The normalized spacial score (nSPS) is 16.8. The van der Waals surface area contributed by atoms with Crippen molar-refractivity contribution in [1.29, 1.82) is 0 Å².